The van der Waals surface area contributed by atoms with Crippen molar-refractivity contribution in [3.8, 4) is 5.69 Å². The summed E-state index contributed by atoms with van der Waals surface area (Å²) in [6.45, 7) is 2.35. The number of rotatable bonds is 6. The van der Waals surface area contributed by atoms with E-state index < -0.39 is 12.2 Å². The molecule has 0 bridgehead atoms. The number of aliphatic imine (C=N–C) groups is 1. The SMILES string of the molecule is CC1CC=Cc2c1n(-c1ccc(C(=NC(N)c3ccccc3)[C@H](N)c3ccccc3)c3ccccc13)c1cc3sc4ccccc4c3cc21. The maximum atomic E-state index is 7.09. The Hall–Kier alpha value is -5.33. The number of allylic oxidation sites excluding steroid dienone is 1. The lowest BCUT2D eigenvalue weighted by Crippen LogP contribution is -2.25. The smallest absolute Gasteiger partial charge is 0.123 e. The second-order valence-electron chi connectivity index (χ2n) is 13.1. The third-order valence-corrected chi connectivity index (χ3v) is 11.2. The zero-order valence-electron chi connectivity index (χ0n) is 27.3. The van der Waals surface area contributed by atoms with Crippen LogP contribution >= 0.6 is 11.3 Å². The predicted molar refractivity (Wildman–Crippen MR) is 209 cm³/mol. The Morgan fingerprint density at radius 3 is 2.14 bits per heavy atom. The Morgan fingerprint density at radius 1 is 0.694 bits per heavy atom. The minimum Gasteiger partial charge on any atom is -0.319 e. The van der Waals surface area contributed by atoms with Gasteiger partial charge in [0, 0.05) is 53.7 Å². The molecule has 0 fully saturated rings. The van der Waals surface area contributed by atoms with Gasteiger partial charge in [0.1, 0.15) is 6.17 Å². The summed E-state index contributed by atoms with van der Waals surface area (Å²) in [6, 6.07) is 46.5. The molecule has 0 saturated carbocycles. The van der Waals surface area contributed by atoms with Crippen LogP contribution in [0, 0.1) is 0 Å². The van der Waals surface area contributed by atoms with Crippen molar-refractivity contribution >= 4 is 65.0 Å². The Balaban J connectivity index is 1.30. The van der Waals surface area contributed by atoms with Crippen LogP contribution in [0.4, 0.5) is 0 Å². The van der Waals surface area contributed by atoms with Crippen LogP contribution in [0.15, 0.2) is 145 Å². The molecule has 3 atom stereocenters. The number of nitrogens with zero attached hydrogens (tertiary/aromatic N) is 2. The second-order valence-corrected chi connectivity index (χ2v) is 14.2. The summed E-state index contributed by atoms with van der Waals surface area (Å²) in [7, 11) is 0. The fourth-order valence-corrected chi connectivity index (χ4v) is 8.80. The molecule has 4 N–H and O–H groups in total. The second kappa shape index (κ2) is 12.0. The van der Waals surface area contributed by atoms with E-state index >= 15 is 0 Å². The summed E-state index contributed by atoms with van der Waals surface area (Å²) in [5.41, 5.74) is 22.6. The quantitative estimate of drug-likeness (QED) is 0.176. The highest BCUT2D eigenvalue weighted by Crippen LogP contribution is 2.45. The van der Waals surface area contributed by atoms with Gasteiger partial charge < -0.3 is 16.0 Å². The standard InChI is InChI=1S/C44H36N4S/c1-27-13-12-21-34-35-25-36-32-20-10-11-22-39(32)49-40(36)26-38(35)48(43(27)34)37-24-23-33(30-18-8-9-19-31(30)37)42(41(45)28-14-4-2-5-15-28)47-44(46)29-16-6-3-7-17-29/h2-12,14-27,41,44H,13,45-46H2,1H3/t27?,41-,44?/m1/s1. The monoisotopic (exact) mass is 652 g/mol. The molecule has 1 aliphatic rings. The van der Waals surface area contributed by atoms with Gasteiger partial charge in [-0.15, -0.1) is 11.3 Å². The van der Waals surface area contributed by atoms with Gasteiger partial charge in [-0.05, 0) is 47.2 Å². The van der Waals surface area contributed by atoms with Crippen molar-refractivity contribution in [2.45, 2.75) is 31.5 Å². The lowest BCUT2D eigenvalue weighted by atomic mass is 9.91. The maximum Gasteiger partial charge on any atom is 0.123 e. The molecule has 4 nitrogen and oxygen atoms in total. The topological polar surface area (TPSA) is 69.3 Å². The lowest BCUT2D eigenvalue weighted by Gasteiger charge is -2.23. The molecule has 49 heavy (non-hydrogen) atoms. The first-order valence-corrected chi connectivity index (χ1v) is 17.8. The average Bonchev–Trinajstić information content (AvgIpc) is 3.68. The summed E-state index contributed by atoms with van der Waals surface area (Å²) in [4.78, 5) is 5.18. The van der Waals surface area contributed by atoms with Crippen molar-refractivity contribution in [3.63, 3.8) is 0 Å². The zero-order valence-corrected chi connectivity index (χ0v) is 28.1. The Kier molecular flexibility index (Phi) is 7.28. The van der Waals surface area contributed by atoms with Crippen molar-refractivity contribution in [1.82, 2.24) is 4.57 Å². The minimum atomic E-state index is -0.554. The molecule has 0 amide bonds. The summed E-state index contributed by atoms with van der Waals surface area (Å²) >= 11 is 1.87. The van der Waals surface area contributed by atoms with Gasteiger partial charge >= 0.3 is 0 Å². The van der Waals surface area contributed by atoms with E-state index in [-0.39, 0.29) is 0 Å². The molecule has 0 saturated heterocycles. The molecule has 1 aliphatic carbocycles. The van der Waals surface area contributed by atoms with E-state index in [0.29, 0.717) is 5.92 Å². The summed E-state index contributed by atoms with van der Waals surface area (Å²) < 4.78 is 5.15. The highest BCUT2D eigenvalue weighted by Gasteiger charge is 2.27. The van der Waals surface area contributed by atoms with Gasteiger partial charge in [-0.1, -0.05) is 128 Å². The first-order chi connectivity index (χ1) is 24.1. The Labute approximate surface area is 289 Å². The van der Waals surface area contributed by atoms with Crippen LogP contribution < -0.4 is 11.5 Å². The largest absolute Gasteiger partial charge is 0.319 e. The van der Waals surface area contributed by atoms with Crippen molar-refractivity contribution < 1.29 is 0 Å². The van der Waals surface area contributed by atoms with Gasteiger partial charge in [-0.3, -0.25) is 4.99 Å². The molecule has 0 radical (unpaired) electrons. The molecule has 238 valence electrons. The molecule has 6 aromatic carbocycles. The molecule has 2 unspecified atom stereocenters. The van der Waals surface area contributed by atoms with Gasteiger partial charge in [0.2, 0.25) is 0 Å². The first kappa shape index (κ1) is 29.8. The highest BCUT2D eigenvalue weighted by atomic mass is 32.1. The van der Waals surface area contributed by atoms with Crippen molar-refractivity contribution in [3.05, 3.63) is 167 Å². The number of fused-ring (bicyclic) bond motifs is 7. The number of hydrogen-bond acceptors (Lipinski definition) is 4. The molecule has 9 rings (SSSR count). The Bertz CT molecular complexity index is 2580. The van der Waals surface area contributed by atoms with Crippen LogP contribution in [0.3, 0.4) is 0 Å². The van der Waals surface area contributed by atoms with Crippen molar-refractivity contribution in [1.29, 1.82) is 0 Å². The molecule has 2 heterocycles. The van der Waals surface area contributed by atoms with Gasteiger partial charge in [-0.2, -0.15) is 0 Å². The number of nitrogens with two attached hydrogens (primary N) is 2. The van der Waals surface area contributed by atoms with Crippen LogP contribution in [-0.4, -0.2) is 10.3 Å². The van der Waals surface area contributed by atoms with Gasteiger partial charge in [0.15, 0.2) is 0 Å². The maximum absolute atomic E-state index is 7.09. The van der Waals surface area contributed by atoms with E-state index in [1.165, 1.54) is 42.3 Å². The molecule has 0 spiro atoms. The zero-order chi connectivity index (χ0) is 33.1. The van der Waals surface area contributed by atoms with Gasteiger partial charge in [0.25, 0.3) is 0 Å². The molecule has 8 aromatic rings. The number of aromatic nitrogens is 1. The number of thiophene rings is 1. The molecular weight excluding hydrogens is 617 g/mol. The summed E-state index contributed by atoms with van der Waals surface area (Å²) in [6.07, 6.45) is 5.12. The highest BCUT2D eigenvalue weighted by molar-refractivity contribution is 7.25. The lowest BCUT2D eigenvalue weighted by molar-refractivity contribution is 0.724. The Morgan fingerprint density at radius 2 is 1.37 bits per heavy atom. The summed E-state index contributed by atoms with van der Waals surface area (Å²) in [5.74, 6) is 0.369. The fourth-order valence-electron chi connectivity index (χ4n) is 7.68. The van der Waals surface area contributed by atoms with Crippen LogP contribution in [0.25, 0.3) is 53.6 Å². The first-order valence-electron chi connectivity index (χ1n) is 16.9. The number of benzene rings is 6. The fraction of sp³-hybridized carbons (Fsp3) is 0.114. The average molecular weight is 653 g/mol. The van der Waals surface area contributed by atoms with Crippen molar-refractivity contribution in [2.75, 3.05) is 0 Å². The van der Waals surface area contributed by atoms with E-state index in [1.807, 2.05) is 59.9 Å². The van der Waals surface area contributed by atoms with Gasteiger partial charge in [-0.25, -0.2) is 0 Å². The van der Waals surface area contributed by atoms with E-state index in [1.54, 1.807) is 0 Å². The van der Waals surface area contributed by atoms with Crippen molar-refractivity contribution in [2.24, 2.45) is 16.5 Å². The van der Waals surface area contributed by atoms with Crippen LogP contribution in [0.5, 0.6) is 0 Å². The van der Waals surface area contributed by atoms with Crippen LogP contribution in [0.1, 0.15) is 59.4 Å². The molecular formula is C44H36N4S. The normalized spacial score (nSPS) is 16.1. The van der Waals surface area contributed by atoms with E-state index in [4.69, 9.17) is 16.5 Å². The van der Waals surface area contributed by atoms with Crippen LogP contribution in [0.2, 0.25) is 0 Å². The predicted octanol–water partition coefficient (Wildman–Crippen LogP) is 10.8. The van der Waals surface area contributed by atoms with Crippen LogP contribution in [-0.2, 0) is 0 Å². The van der Waals surface area contributed by atoms with E-state index in [9.17, 15) is 0 Å². The van der Waals surface area contributed by atoms with E-state index in [0.717, 1.165) is 45.3 Å². The van der Waals surface area contributed by atoms with Gasteiger partial charge in [0.05, 0.1) is 23.0 Å². The third-order valence-electron chi connectivity index (χ3n) is 10.1. The molecule has 2 aromatic heterocycles. The molecule has 5 heteroatoms. The third kappa shape index (κ3) is 4.93. The molecule has 0 aliphatic heterocycles. The van der Waals surface area contributed by atoms with E-state index in [2.05, 4.69) is 109 Å². The minimum absolute atomic E-state index is 0.369. The number of hydrogen-bond donors (Lipinski definition) is 2. The summed E-state index contributed by atoms with van der Waals surface area (Å²) in [5, 5.41) is 6.19.